The van der Waals surface area contributed by atoms with Crippen LogP contribution < -0.4 is 10.1 Å². The Kier molecular flexibility index (Phi) is 7.54. The largest absolute Gasteiger partial charge is 0.491 e. The number of benzene rings is 1. The van der Waals surface area contributed by atoms with E-state index in [-0.39, 0.29) is 49.0 Å². The Morgan fingerprint density at radius 3 is 2.74 bits per heavy atom. The second-order valence-corrected chi connectivity index (χ2v) is 9.25. The second-order valence-electron chi connectivity index (χ2n) is 8.25. The molecule has 0 unspecified atom stereocenters. The van der Waals surface area contributed by atoms with Gasteiger partial charge in [-0.2, -0.15) is 0 Å². The summed E-state index contributed by atoms with van der Waals surface area (Å²) in [6.07, 6.45) is 0.773. The fourth-order valence-corrected chi connectivity index (χ4v) is 4.59. The zero-order valence-corrected chi connectivity index (χ0v) is 19.2. The predicted octanol–water partition coefficient (Wildman–Crippen LogP) is 4.22. The first-order chi connectivity index (χ1) is 14.8. The number of rotatable bonds is 7. The van der Waals surface area contributed by atoms with Crippen molar-refractivity contribution in [1.82, 2.24) is 15.1 Å². The Balaban J connectivity index is 1.77. The van der Waals surface area contributed by atoms with E-state index in [0.717, 1.165) is 12.0 Å². The van der Waals surface area contributed by atoms with Gasteiger partial charge in [0.05, 0.1) is 6.04 Å². The summed E-state index contributed by atoms with van der Waals surface area (Å²) in [6.45, 7) is 8.34. The average Bonchev–Trinajstić information content (AvgIpc) is 3.18. The van der Waals surface area contributed by atoms with Gasteiger partial charge in [-0.3, -0.25) is 4.79 Å². The number of urea groups is 1. The molecule has 1 aliphatic rings. The zero-order valence-electron chi connectivity index (χ0n) is 18.4. The van der Waals surface area contributed by atoms with Gasteiger partial charge >= 0.3 is 6.03 Å². The van der Waals surface area contributed by atoms with Gasteiger partial charge in [-0.05, 0) is 63.3 Å². The van der Waals surface area contributed by atoms with Crippen molar-refractivity contribution in [3.05, 3.63) is 52.0 Å². The van der Waals surface area contributed by atoms with E-state index in [0.29, 0.717) is 12.3 Å². The number of hydrogen-bond acceptors (Lipinski definition) is 4. The van der Waals surface area contributed by atoms with Crippen molar-refractivity contribution in [2.45, 2.75) is 52.2 Å². The van der Waals surface area contributed by atoms with Crippen LogP contribution >= 0.6 is 11.3 Å². The molecule has 1 aliphatic heterocycles. The van der Waals surface area contributed by atoms with Gasteiger partial charge in [0.1, 0.15) is 24.7 Å². The number of fused-ring (bicyclic) bond motifs is 1. The summed E-state index contributed by atoms with van der Waals surface area (Å²) in [5.41, 5.74) is 1.06. The molecule has 0 fully saturated rings. The van der Waals surface area contributed by atoms with E-state index in [2.05, 4.69) is 5.32 Å². The minimum atomic E-state index is -0.367. The lowest BCUT2D eigenvalue weighted by Gasteiger charge is -2.37. The van der Waals surface area contributed by atoms with Crippen LogP contribution in [0.3, 0.4) is 0 Å². The highest BCUT2D eigenvalue weighted by Gasteiger charge is 2.34. The lowest BCUT2D eigenvalue weighted by molar-refractivity contribution is -0.135. The maximum absolute atomic E-state index is 13.5. The maximum atomic E-state index is 13.5. The van der Waals surface area contributed by atoms with Gasteiger partial charge < -0.3 is 19.9 Å². The Hall–Kier alpha value is -2.61. The van der Waals surface area contributed by atoms with Crippen LogP contribution in [0.1, 0.15) is 44.2 Å². The number of nitrogens with zero attached hydrogens (tertiary/aromatic N) is 2. The Labute approximate surface area is 187 Å². The van der Waals surface area contributed by atoms with Crippen LogP contribution in [-0.4, -0.2) is 53.5 Å². The number of amides is 3. The molecule has 31 heavy (non-hydrogen) atoms. The highest BCUT2D eigenvalue weighted by molar-refractivity contribution is 7.10. The number of carbonyl (C=O) groups is 2. The number of nitrogens with one attached hydrogen (secondary N) is 1. The number of carbonyl (C=O) groups excluding carboxylic acids is 2. The molecule has 6 nitrogen and oxygen atoms in total. The molecular weight excluding hydrogens is 417 g/mol. The highest BCUT2D eigenvalue weighted by atomic mass is 32.1. The predicted molar refractivity (Wildman–Crippen MR) is 120 cm³/mol. The molecule has 1 N–H and O–H groups in total. The molecule has 0 bridgehead atoms. The van der Waals surface area contributed by atoms with Crippen molar-refractivity contribution >= 4 is 23.3 Å². The molecule has 0 radical (unpaired) electrons. The van der Waals surface area contributed by atoms with Gasteiger partial charge in [0.25, 0.3) is 0 Å². The summed E-state index contributed by atoms with van der Waals surface area (Å²) >= 11 is 1.67. The first kappa shape index (κ1) is 23.1. The SMILES string of the molecule is CC(C)NC(=O)N(CC(=O)N1CCc2sccc2[C@@H]1COc1cccc(F)c1)C(C)C. The molecule has 8 heteroatoms. The van der Waals surface area contributed by atoms with Crippen LogP contribution in [0.2, 0.25) is 0 Å². The summed E-state index contributed by atoms with van der Waals surface area (Å²) in [7, 11) is 0. The molecule has 2 aromatic rings. The molecule has 0 aliphatic carbocycles. The van der Waals surface area contributed by atoms with E-state index in [1.165, 1.54) is 17.0 Å². The molecule has 1 atom stereocenters. The number of halogens is 1. The second kappa shape index (κ2) is 10.1. The number of thiophene rings is 1. The quantitative estimate of drug-likeness (QED) is 0.691. The maximum Gasteiger partial charge on any atom is 0.318 e. The first-order valence-electron chi connectivity index (χ1n) is 10.6. The normalized spacial score (nSPS) is 15.7. The van der Waals surface area contributed by atoms with Crippen molar-refractivity contribution in [3.8, 4) is 5.75 Å². The van der Waals surface area contributed by atoms with E-state index in [1.54, 1.807) is 33.3 Å². The van der Waals surface area contributed by atoms with E-state index in [4.69, 9.17) is 4.74 Å². The van der Waals surface area contributed by atoms with Crippen molar-refractivity contribution in [1.29, 1.82) is 0 Å². The van der Waals surface area contributed by atoms with Gasteiger partial charge in [0.15, 0.2) is 0 Å². The highest BCUT2D eigenvalue weighted by Crippen LogP contribution is 2.34. The van der Waals surface area contributed by atoms with E-state index >= 15 is 0 Å². The molecule has 168 valence electrons. The van der Waals surface area contributed by atoms with Crippen molar-refractivity contribution < 1.29 is 18.7 Å². The molecule has 1 aromatic heterocycles. The van der Waals surface area contributed by atoms with Crippen molar-refractivity contribution in [2.75, 3.05) is 19.7 Å². The van der Waals surface area contributed by atoms with Crippen LogP contribution in [-0.2, 0) is 11.2 Å². The summed E-state index contributed by atoms with van der Waals surface area (Å²) in [6, 6.07) is 7.34. The summed E-state index contributed by atoms with van der Waals surface area (Å²) in [5.74, 6) is -0.0683. The van der Waals surface area contributed by atoms with Gasteiger partial charge in [-0.1, -0.05) is 6.07 Å². The Morgan fingerprint density at radius 1 is 1.29 bits per heavy atom. The van der Waals surface area contributed by atoms with Crippen LogP contribution in [0.5, 0.6) is 5.75 Å². The molecule has 0 saturated heterocycles. The third-order valence-electron chi connectivity index (χ3n) is 5.22. The summed E-state index contributed by atoms with van der Waals surface area (Å²) in [5, 5.41) is 4.88. The minimum Gasteiger partial charge on any atom is -0.491 e. The molecule has 0 saturated carbocycles. The van der Waals surface area contributed by atoms with Crippen molar-refractivity contribution in [3.63, 3.8) is 0 Å². The van der Waals surface area contributed by atoms with Crippen LogP contribution in [0.25, 0.3) is 0 Å². The fraction of sp³-hybridized carbons (Fsp3) is 0.478. The fourth-order valence-electron chi connectivity index (χ4n) is 3.66. The standard InChI is InChI=1S/C23H30FN3O3S/c1-15(2)25-23(29)27(16(3)4)13-22(28)26-10-8-21-19(9-11-31-21)20(26)14-30-18-7-5-6-17(24)12-18/h5-7,9,11-12,15-16,20H,8,10,13-14H2,1-4H3,(H,25,29)/t20-/m0/s1. The van der Waals surface area contributed by atoms with Gasteiger partial charge in [0.2, 0.25) is 5.91 Å². The minimum absolute atomic E-state index is 0.00778. The Morgan fingerprint density at radius 2 is 2.06 bits per heavy atom. The third kappa shape index (κ3) is 5.76. The van der Waals surface area contributed by atoms with E-state index < -0.39 is 0 Å². The third-order valence-corrected chi connectivity index (χ3v) is 6.22. The molecule has 3 rings (SSSR count). The van der Waals surface area contributed by atoms with Gasteiger partial charge in [0, 0.05) is 29.6 Å². The van der Waals surface area contributed by atoms with Crippen molar-refractivity contribution in [2.24, 2.45) is 0 Å². The summed E-state index contributed by atoms with van der Waals surface area (Å²) in [4.78, 5) is 30.5. The average molecular weight is 448 g/mol. The number of hydrogen-bond donors (Lipinski definition) is 1. The topological polar surface area (TPSA) is 61.9 Å². The van der Waals surface area contributed by atoms with E-state index in [1.807, 2.05) is 39.1 Å². The smallest absolute Gasteiger partial charge is 0.318 e. The zero-order chi connectivity index (χ0) is 22.5. The molecule has 1 aromatic carbocycles. The van der Waals surface area contributed by atoms with Crippen LogP contribution in [0.4, 0.5) is 9.18 Å². The lowest BCUT2D eigenvalue weighted by Crippen LogP contribution is -2.52. The summed E-state index contributed by atoms with van der Waals surface area (Å²) < 4.78 is 19.4. The van der Waals surface area contributed by atoms with Gasteiger partial charge in [-0.25, -0.2) is 9.18 Å². The molecule has 2 heterocycles. The monoisotopic (exact) mass is 447 g/mol. The molecule has 3 amide bonds. The van der Waals surface area contributed by atoms with Crippen LogP contribution in [0.15, 0.2) is 35.7 Å². The molecule has 0 spiro atoms. The van der Waals surface area contributed by atoms with Gasteiger partial charge in [-0.15, -0.1) is 11.3 Å². The van der Waals surface area contributed by atoms with E-state index in [9.17, 15) is 14.0 Å². The molecular formula is C23H30FN3O3S. The Bertz CT molecular complexity index is 915. The lowest BCUT2D eigenvalue weighted by atomic mass is 10.0. The van der Waals surface area contributed by atoms with Crippen LogP contribution in [0, 0.1) is 5.82 Å². The first-order valence-corrected chi connectivity index (χ1v) is 11.5. The number of ether oxygens (including phenoxy) is 1.